The highest BCUT2D eigenvalue weighted by Gasteiger charge is 2.16. The molecule has 0 amide bonds. The first-order valence-corrected chi connectivity index (χ1v) is 21.5. The van der Waals surface area contributed by atoms with E-state index in [9.17, 15) is 0 Å². The number of fused-ring (bicyclic) bond motifs is 9. The van der Waals surface area contributed by atoms with Crippen LogP contribution >= 0.6 is 34.0 Å². The molecule has 0 bridgehead atoms. The van der Waals surface area contributed by atoms with Crippen LogP contribution in [0.2, 0.25) is 0 Å². The highest BCUT2D eigenvalue weighted by Crippen LogP contribution is 2.42. The lowest BCUT2D eigenvalue weighted by atomic mass is 9.93. The van der Waals surface area contributed by atoms with Gasteiger partial charge in [0, 0.05) is 77.2 Å². The molecule has 57 heavy (non-hydrogen) atoms. The second-order valence-corrected chi connectivity index (χ2v) is 17.8. The summed E-state index contributed by atoms with van der Waals surface area (Å²) in [6.07, 6.45) is 0. The molecule has 0 aliphatic carbocycles. The fourth-order valence-electron chi connectivity index (χ4n) is 8.26. The molecule has 8 aromatic carbocycles. The quantitative estimate of drug-likeness (QED) is 0.174. The Morgan fingerprint density at radius 3 is 1.14 bits per heavy atom. The minimum atomic E-state index is 0.711. The van der Waals surface area contributed by atoms with Gasteiger partial charge in [-0.3, -0.25) is 0 Å². The van der Waals surface area contributed by atoms with Gasteiger partial charge in [-0.05, 0) is 101 Å². The van der Waals surface area contributed by atoms with Gasteiger partial charge in [0.25, 0.3) is 0 Å². The summed E-state index contributed by atoms with van der Waals surface area (Å²) in [5, 5.41) is 7.71. The normalized spacial score (nSPS) is 11.9. The molecule has 0 aliphatic heterocycles. The molecule has 12 aromatic rings. The van der Waals surface area contributed by atoms with Gasteiger partial charge in [-0.15, -0.1) is 34.0 Å². The number of hydrogen-bond donors (Lipinski definition) is 0. The molecule has 4 heterocycles. The molecule has 4 aromatic heterocycles. The van der Waals surface area contributed by atoms with Crippen molar-refractivity contribution in [2.45, 2.75) is 0 Å². The van der Waals surface area contributed by atoms with E-state index in [-0.39, 0.29) is 0 Å². The summed E-state index contributed by atoms with van der Waals surface area (Å²) >= 11 is 5.54. The van der Waals surface area contributed by atoms with E-state index in [1.54, 1.807) is 0 Å². The zero-order chi connectivity index (χ0) is 37.5. The second-order valence-electron chi connectivity index (χ2n) is 14.6. The molecule has 0 saturated heterocycles. The van der Waals surface area contributed by atoms with E-state index in [2.05, 4.69) is 176 Å². The number of aromatic nitrogens is 2. The van der Waals surface area contributed by atoms with E-state index in [1.165, 1.54) is 71.6 Å². The average molecular weight is 779 g/mol. The third-order valence-corrected chi connectivity index (χ3v) is 14.5. The highest BCUT2D eigenvalue weighted by molar-refractivity contribution is 7.26. The largest absolute Gasteiger partial charge is 0.228 e. The predicted molar refractivity (Wildman–Crippen MR) is 248 cm³/mol. The first-order valence-electron chi connectivity index (χ1n) is 19.0. The summed E-state index contributed by atoms with van der Waals surface area (Å²) in [4.78, 5) is 10.6. The van der Waals surface area contributed by atoms with Gasteiger partial charge < -0.3 is 0 Å². The minimum Gasteiger partial charge on any atom is -0.228 e. The van der Waals surface area contributed by atoms with E-state index in [0.29, 0.717) is 5.82 Å². The number of rotatable bonds is 5. The lowest BCUT2D eigenvalue weighted by molar-refractivity contribution is 1.18. The smallest absolute Gasteiger partial charge is 0.160 e. The van der Waals surface area contributed by atoms with Gasteiger partial charge >= 0.3 is 0 Å². The van der Waals surface area contributed by atoms with Crippen LogP contribution in [0, 0.1) is 0 Å². The third-order valence-electron chi connectivity index (χ3n) is 11.1. The molecule has 5 heteroatoms. The fourth-order valence-corrected chi connectivity index (χ4v) is 11.5. The first-order chi connectivity index (χ1) is 28.2. The van der Waals surface area contributed by atoms with Crippen molar-refractivity contribution in [2.24, 2.45) is 0 Å². The Labute approximate surface area is 340 Å². The van der Waals surface area contributed by atoms with Crippen LogP contribution in [0.5, 0.6) is 0 Å². The van der Waals surface area contributed by atoms with Crippen molar-refractivity contribution < 1.29 is 0 Å². The Morgan fingerprint density at radius 2 is 0.632 bits per heavy atom. The molecule has 0 unspecified atom stereocenters. The molecular formula is C52H30N2S3. The fraction of sp³-hybridized carbons (Fsp3) is 0. The van der Waals surface area contributed by atoms with Crippen LogP contribution in [-0.2, 0) is 0 Å². The van der Waals surface area contributed by atoms with E-state index in [1.807, 2.05) is 40.1 Å². The van der Waals surface area contributed by atoms with Crippen molar-refractivity contribution in [3.8, 4) is 56.2 Å². The molecule has 0 N–H and O–H groups in total. The first kappa shape index (κ1) is 32.7. The summed E-state index contributed by atoms with van der Waals surface area (Å²) < 4.78 is 7.80. The number of benzene rings is 8. The Hall–Kier alpha value is -6.50. The maximum atomic E-state index is 5.33. The molecule has 12 rings (SSSR count). The zero-order valence-electron chi connectivity index (χ0n) is 30.4. The molecule has 0 radical (unpaired) electrons. The molecule has 266 valence electrons. The van der Waals surface area contributed by atoms with Crippen molar-refractivity contribution in [1.29, 1.82) is 0 Å². The van der Waals surface area contributed by atoms with Gasteiger partial charge in [0.2, 0.25) is 0 Å². The van der Waals surface area contributed by atoms with Gasteiger partial charge in [-0.2, -0.15) is 0 Å². The molecule has 0 aliphatic rings. The Kier molecular flexibility index (Phi) is 7.48. The minimum absolute atomic E-state index is 0.711. The van der Waals surface area contributed by atoms with Crippen molar-refractivity contribution in [1.82, 2.24) is 9.97 Å². The van der Waals surface area contributed by atoms with Crippen LogP contribution in [0.1, 0.15) is 0 Å². The molecule has 0 spiro atoms. The van der Waals surface area contributed by atoms with Crippen molar-refractivity contribution in [2.75, 3.05) is 0 Å². The average Bonchev–Trinajstić information content (AvgIpc) is 3.97. The van der Waals surface area contributed by atoms with Gasteiger partial charge in [0.15, 0.2) is 5.82 Å². The molecular weight excluding hydrogens is 749 g/mol. The van der Waals surface area contributed by atoms with Crippen molar-refractivity contribution >= 4 is 94.5 Å². The molecule has 2 nitrogen and oxygen atoms in total. The van der Waals surface area contributed by atoms with E-state index >= 15 is 0 Å². The molecule has 0 saturated carbocycles. The van der Waals surface area contributed by atoms with Crippen molar-refractivity contribution in [3.05, 3.63) is 182 Å². The number of nitrogens with zero attached hydrogens (tertiary/aromatic N) is 2. The van der Waals surface area contributed by atoms with Gasteiger partial charge in [-0.25, -0.2) is 9.97 Å². The summed E-state index contributed by atoms with van der Waals surface area (Å²) in [6, 6.07) is 66.2. The van der Waals surface area contributed by atoms with Crippen LogP contribution < -0.4 is 0 Å². The zero-order valence-corrected chi connectivity index (χ0v) is 32.9. The van der Waals surface area contributed by atoms with Crippen LogP contribution in [0.15, 0.2) is 182 Å². The monoisotopic (exact) mass is 778 g/mol. The van der Waals surface area contributed by atoms with Crippen LogP contribution in [-0.4, -0.2) is 9.97 Å². The lowest BCUT2D eigenvalue weighted by Gasteiger charge is -2.14. The Morgan fingerprint density at radius 1 is 0.246 bits per heavy atom. The van der Waals surface area contributed by atoms with Crippen LogP contribution in [0.3, 0.4) is 0 Å². The number of hydrogen-bond acceptors (Lipinski definition) is 5. The van der Waals surface area contributed by atoms with Crippen molar-refractivity contribution in [3.63, 3.8) is 0 Å². The highest BCUT2D eigenvalue weighted by atomic mass is 32.1. The maximum absolute atomic E-state index is 5.33. The molecule has 0 fully saturated rings. The van der Waals surface area contributed by atoms with Gasteiger partial charge in [0.05, 0.1) is 11.4 Å². The summed E-state index contributed by atoms with van der Waals surface area (Å²) in [7, 11) is 0. The predicted octanol–water partition coefficient (Wildman–Crippen LogP) is 15.9. The van der Waals surface area contributed by atoms with E-state index in [4.69, 9.17) is 9.97 Å². The summed E-state index contributed by atoms with van der Waals surface area (Å²) in [5.74, 6) is 0.711. The lowest BCUT2D eigenvalue weighted by Crippen LogP contribution is -1.96. The van der Waals surface area contributed by atoms with Crippen LogP contribution in [0.25, 0.3) is 117 Å². The van der Waals surface area contributed by atoms with Crippen LogP contribution in [0.4, 0.5) is 0 Å². The SMILES string of the molecule is c1ccc(-c2nc(-c3cc(-c4ccc5sc6ccccc6c5c4)cc(-c4ccc5sc6ccccc6c5c4)c3)cc(-c3ccc4sc5ccccc5c4c3)n2)cc1. The van der Waals surface area contributed by atoms with Gasteiger partial charge in [-0.1, -0.05) is 103 Å². The topological polar surface area (TPSA) is 25.8 Å². The standard InChI is InChI=1S/C52H30N2S3/c1-2-10-31(11-3-1)52-53-44(34-20-23-51-43(29-34)40-14-6-9-17-48(40)57-51)30-45(54-52)37-25-35(32-18-21-49-41(27-32)38-12-4-7-15-46(38)55-49)24-36(26-37)33-19-22-50-42(28-33)39-13-5-8-16-47(39)56-50/h1-30H. The molecule has 0 atom stereocenters. The Balaban J connectivity index is 1.09. The maximum Gasteiger partial charge on any atom is 0.160 e. The van der Waals surface area contributed by atoms with Gasteiger partial charge in [0.1, 0.15) is 0 Å². The van der Waals surface area contributed by atoms with E-state index < -0.39 is 0 Å². The summed E-state index contributed by atoms with van der Waals surface area (Å²) in [5.41, 5.74) is 9.59. The summed E-state index contributed by atoms with van der Waals surface area (Å²) in [6.45, 7) is 0. The second kappa shape index (κ2) is 13.0. The number of thiophene rings is 3. The Bertz CT molecular complexity index is 3400. The third kappa shape index (κ3) is 5.58. The van der Waals surface area contributed by atoms with E-state index in [0.717, 1.165) is 39.2 Å².